The summed E-state index contributed by atoms with van der Waals surface area (Å²) in [6, 6.07) is 0.886. The first-order valence-electron chi connectivity index (χ1n) is 8.20. The van der Waals surface area contributed by atoms with Crippen LogP contribution in [-0.2, 0) is 0 Å². The number of guanidine groups is 1. The number of aliphatic imine (C=N–C) groups is 1. The average molecular weight is 432 g/mol. The second kappa shape index (κ2) is 12.6. The molecule has 4 nitrogen and oxygen atoms in total. The van der Waals surface area contributed by atoms with Crippen molar-refractivity contribution in [3.05, 3.63) is 37.5 Å². The van der Waals surface area contributed by atoms with Crippen LogP contribution in [0.5, 0.6) is 0 Å². The number of hydrogen-bond acceptors (Lipinski definition) is 2. The Labute approximate surface area is 159 Å². The standard InChI is InChI=1S/C18H32N4.HI/c1-6-12-22(13-7-2)17(15(3)4)14-20-18(19-5)21-16-10-8-9-11-16;/h6-9,15-17H,1-2,10-14H2,3-5H3,(H2,19,20,21);1H. The molecular weight excluding hydrogens is 399 g/mol. The van der Waals surface area contributed by atoms with E-state index in [1.807, 2.05) is 19.2 Å². The van der Waals surface area contributed by atoms with Crippen molar-refractivity contribution < 1.29 is 0 Å². The van der Waals surface area contributed by atoms with Gasteiger partial charge in [0.25, 0.3) is 0 Å². The first-order chi connectivity index (χ1) is 10.6. The van der Waals surface area contributed by atoms with Crippen LogP contribution in [0.15, 0.2) is 42.5 Å². The summed E-state index contributed by atoms with van der Waals surface area (Å²) in [6.07, 6.45) is 10.5. The highest BCUT2D eigenvalue weighted by Gasteiger charge is 2.21. The lowest BCUT2D eigenvalue weighted by molar-refractivity contribution is 0.190. The Bertz CT molecular complexity index is 386. The molecule has 1 atom stereocenters. The molecule has 0 saturated carbocycles. The van der Waals surface area contributed by atoms with Crippen LogP contribution in [0.4, 0.5) is 0 Å². The molecular formula is C18H33IN4. The molecule has 132 valence electrons. The first-order valence-corrected chi connectivity index (χ1v) is 8.20. The van der Waals surface area contributed by atoms with E-state index in [9.17, 15) is 0 Å². The Morgan fingerprint density at radius 3 is 2.26 bits per heavy atom. The third-order valence-corrected chi connectivity index (χ3v) is 4.02. The van der Waals surface area contributed by atoms with Gasteiger partial charge in [0.15, 0.2) is 5.96 Å². The molecule has 0 heterocycles. The summed E-state index contributed by atoms with van der Waals surface area (Å²) in [6.45, 7) is 14.8. The van der Waals surface area contributed by atoms with Gasteiger partial charge in [-0.1, -0.05) is 38.2 Å². The molecule has 1 unspecified atom stereocenters. The van der Waals surface area contributed by atoms with Crippen LogP contribution >= 0.6 is 24.0 Å². The van der Waals surface area contributed by atoms with Gasteiger partial charge in [0.2, 0.25) is 0 Å². The second-order valence-corrected chi connectivity index (χ2v) is 6.08. The molecule has 0 amide bonds. The van der Waals surface area contributed by atoms with Crippen molar-refractivity contribution in [2.75, 3.05) is 26.7 Å². The van der Waals surface area contributed by atoms with Crippen molar-refractivity contribution in [2.45, 2.75) is 38.8 Å². The molecule has 23 heavy (non-hydrogen) atoms. The minimum atomic E-state index is 0. The van der Waals surface area contributed by atoms with Crippen LogP contribution in [0.3, 0.4) is 0 Å². The fourth-order valence-electron chi connectivity index (χ4n) is 2.79. The predicted molar refractivity (Wildman–Crippen MR) is 113 cm³/mol. The number of rotatable bonds is 9. The van der Waals surface area contributed by atoms with Crippen LogP contribution in [0, 0.1) is 5.92 Å². The van der Waals surface area contributed by atoms with Gasteiger partial charge in [0, 0.05) is 38.8 Å². The fourth-order valence-corrected chi connectivity index (χ4v) is 2.79. The maximum atomic E-state index is 4.34. The molecule has 0 bridgehead atoms. The van der Waals surface area contributed by atoms with Crippen molar-refractivity contribution in [2.24, 2.45) is 10.9 Å². The van der Waals surface area contributed by atoms with E-state index in [1.165, 1.54) is 0 Å². The molecule has 0 aromatic heterocycles. The van der Waals surface area contributed by atoms with Crippen molar-refractivity contribution in [3.63, 3.8) is 0 Å². The highest BCUT2D eigenvalue weighted by Crippen LogP contribution is 2.11. The van der Waals surface area contributed by atoms with Crippen molar-refractivity contribution in [1.29, 1.82) is 0 Å². The van der Waals surface area contributed by atoms with Gasteiger partial charge in [0.1, 0.15) is 0 Å². The number of nitrogens with zero attached hydrogens (tertiary/aromatic N) is 2. The molecule has 5 heteroatoms. The van der Waals surface area contributed by atoms with Gasteiger partial charge < -0.3 is 10.6 Å². The number of nitrogens with one attached hydrogen (secondary N) is 2. The fraction of sp³-hybridized carbons (Fsp3) is 0.611. The van der Waals surface area contributed by atoms with E-state index < -0.39 is 0 Å². The Morgan fingerprint density at radius 2 is 1.83 bits per heavy atom. The van der Waals surface area contributed by atoms with E-state index >= 15 is 0 Å². The Morgan fingerprint density at radius 1 is 1.26 bits per heavy atom. The summed E-state index contributed by atoms with van der Waals surface area (Å²) in [5.74, 6) is 1.43. The maximum Gasteiger partial charge on any atom is 0.191 e. The van der Waals surface area contributed by atoms with Gasteiger partial charge in [-0.2, -0.15) is 0 Å². The molecule has 0 radical (unpaired) electrons. The summed E-state index contributed by atoms with van der Waals surface area (Å²) < 4.78 is 0. The molecule has 1 aliphatic rings. The smallest absolute Gasteiger partial charge is 0.191 e. The zero-order valence-corrected chi connectivity index (χ0v) is 17.1. The van der Waals surface area contributed by atoms with Gasteiger partial charge in [-0.15, -0.1) is 37.1 Å². The Hall–Kier alpha value is -0.820. The van der Waals surface area contributed by atoms with E-state index in [0.29, 0.717) is 18.0 Å². The van der Waals surface area contributed by atoms with Crippen LogP contribution < -0.4 is 10.6 Å². The van der Waals surface area contributed by atoms with Gasteiger partial charge in [0.05, 0.1) is 0 Å². The molecule has 0 aromatic carbocycles. The largest absolute Gasteiger partial charge is 0.355 e. The van der Waals surface area contributed by atoms with E-state index in [4.69, 9.17) is 0 Å². The van der Waals surface area contributed by atoms with Gasteiger partial charge in [-0.25, -0.2) is 0 Å². The molecule has 0 saturated heterocycles. The third-order valence-electron chi connectivity index (χ3n) is 4.02. The maximum absolute atomic E-state index is 4.34. The molecule has 0 fully saturated rings. The Kier molecular flexibility index (Phi) is 12.1. The lowest BCUT2D eigenvalue weighted by Gasteiger charge is -2.33. The van der Waals surface area contributed by atoms with E-state index in [0.717, 1.165) is 38.4 Å². The average Bonchev–Trinajstić information content (AvgIpc) is 2.99. The summed E-state index contributed by atoms with van der Waals surface area (Å²) >= 11 is 0. The minimum Gasteiger partial charge on any atom is -0.355 e. The van der Waals surface area contributed by atoms with Gasteiger partial charge in [-0.3, -0.25) is 9.89 Å². The van der Waals surface area contributed by atoms with Gasteiger partial charge >= 0.3 is 0 Å². The lowest BCUT2D eigenvalue weighted by Crippen LogP contribution is -2.50. The summed E-state index contributed by atoms with van der Waals surface area (Å²) in [7, 11) is 1.83. The zero-order valence-electron chi connectivity index (χ0n) is 14.8. The van der Waals surface area contributed by atoms with Crippen molar-refractivity contribution in [3.8, 4) is 0 Å². The normalized spacial score (nSPS) is 16.3. The first kappa shape index (κ1) is 22.2. The minimum absolute atomic E-state index is 0. The number of halogens is 1. The van der Waals surface area contributed by atoms with E-state index in [-0.39, 0.29) is 24.0 Å². The highest BCUT2D eigenvalue weighted by atomic mass is 127. The predicted octanol–water partition coefficient (Wildman–Crippen LogP) is 3.19. The van der Waals surface area contributed by atoms with E-state index in [2.05, 4.69) is 59.7 Å². The zero-order chi connectivity index (χ0) is 16.4. The molecule has 2 N–H and O–H groups in total. The van der Waals surface area contributed by atoms with Crippen molar-refractivity contribution in [1.82, 2.24) is 15.5 Å². The monoisotopic (exact) mass is 432 g/mol. The van der Waals surface area contributed by atoms with Crippen LogP contribution in [0.2, 0.25) is 0 Å². The molecule has 0 aliphatic heterocycles. The SMILES string of the molecule is C=CCN(CC=C)C(CNC(=NC)NC1CC=CC1)C(C)C.I. The van der Waals surface area contributed by atoms with Gasteiger partial charge in [-0.05, 0) is 18.8 Å². The Balaban J connectivity index is 0.00000484. The summed E-state index contributed by atoms with van der Waals surface area (Å²) in [5, 5.41) is 6.96. The number of hydrogen-bond donors (Lipinski definition) is 2. The van der Waals surface area contributed by atoms with Crippen LogP contribution in [0.1, 0.15) is 26.7 Å². The molecule has 0 spiro atoms. The highest BCUT2D eigenvalue weighted by molar-refractivity contribution is 14.0. The molecule has 0 aromatic rings. The van der Waals surface area contributed by atoms with Crippen LogP contribution in [-0.4, -0.2) is 49.6 Å². The van der Waals surface area contributed by atoms with Crippen molar-refractivity contribution >= 4 is 29.9 Å². The summed E-state index contributed by atoms with van der Waals surface area (Å²) in [5.41, 5.74) is 0. The summed E-state index contributed by atoms with van der Waals surface area (Å²) in [4.78, 5) is 6.73. The molecule has 1 aliphatic carbocycles. The third kappa shape index (κ3) is 8.01. The molecule has 1 rings (SSSR count). The van der Waals surface area contributed by atoms with E-state index in [1.54, 1.807) is 0 Å². The van der Waals surface area contributed by atoms with Crippen LogP contribution in [0.25, 0.3) is 0 Å². The lowest BCUT2D eigenvalue weighted by atomic mass is 10.0. The topological polar surface area (TPSA) is 39.7 Å². The quantitative estimate of drug-likeness (QED) is 0.255. The second-order valence-electron chi connectivity index (χ2n) is 6.08.